The first-order valence-electron chi connectivity index (χ1n) is 5.66. The van der Waals surface area contributed by atoms with Crippen LogP contribution >= 0.6 is 11.6 Å². The van der Waals surface area contributed by atoms with E-state index in [1.54, 1.807) is 12.4 Å². The van der Waals surface area contributed by atoms with Crippen molar-refractivity contribution >= 4 is 17.4 Å². The van der Waals surface area contributed by atoms with Gasteiger partial charge in [0.2, 0.25) is 0 Å². The Morgan fingerprint density at radius 1 is 1.44 bits per heavy atom. The second-order valence-electron chi connectivity index (χ2n) is 4.19. The van der Waals surface area contributed by atoms with E-state index in [9.17, 15) is 0 Å². The smallest absolute Gasteiger partial charge is 0.149 e. The summed E-state index contributed by atoms with van der Waals surface area (Å²) in [4.78, 5) is 10.6. The summed E-state index contributed by atoms with van der Waals surface area (Å²) in [7, 11) is 2.01. The van der Waals surface area contributed by atoms with E-state index in [1.807, 2.05) is 7.05 Å². The van der Waals surface area contributed by atoms with Crippen molar-refractivity contribution in [2.45, 2.75) is 12.8 Å². The van der Waals surface area contributed by atoms with Gasteiger partial charge in [0, 0.05) is 13.1 Å². The molecule has 1 saturated heterocycles. The van der Waals surface area contributed by atoms with E-state index in [1.165, 1.54) is 12.8 Å². The van der Waals surface area contributed by atoms with Crippen LogP contribution in [-0.4, -0.2) is 36.6 Å². The summed E-state index contributed by atoms with van der Waals surface area (Å²) in [5, 5.41) is 3.70. The quantitative estimate of drug-likeness (QED) is 0.871. The summed E-state index contributed by atoms with van der Waals surface area (Å²) in [6, 6.07) is 0. The molecule has 0 bridgehead atoms. The van der Waals surface area contributed by atoms with E-state index in [-0.39, 0.29) is 0 Å². The topological polar surface area (TPSA) is 41.0 Å². The zero-order valence-corrected chi connectivity index (χ0v) is 10.2. The highest BCUT2D eigenvalue weighted by Gasteiger charge is 2.19. The number of nitrogens with zero attached hydrogens (tertiary/aromatic N) is 3. The lowest BCUT2D eigenvalue weighted by molar-refractivity contribution is 0.392. The van der Waals surface area contributed by atoms with Gasteiger partial charge in [-0.2, -0.15) is 0 Å². The number of hydrogen-bond acceptors (Lipinski definition) is 4. The fourth-order valence-electron chi connectivity index (χ4n) is 2.14. The second-order valence-corrected chi connectivity index (χ2v) is 4.58. The van der Waals surface area contributed by atoms with E-state index >= 15 is 0 Å². The summed E-state index contributed by atoms with van der Waals surface area (Å²) < 4.78 is 0. The molecule has 0 atom stereocenters. The summed E-state index contributed by atoms with van der Waals surface area (Å²) in [5.74, 6) is 1.68. The van der Waals surface area contributed by atoms with Crippen LogP contribution in [0.15, 0.2) is 12.4 Å². The molecule has 0 saturated carbocycles. The summed E-state index contributed by atoms with van der Waals surface area (Å²) in [6.45, 7) is 3.19. The summed E-state index contributed by atoms with van der Waals surface area (Å²) in [6.07, 6.45) is 5.76. The van der Waals surface area contributed by atoms with Crippen molar-refractivity contribution < 1.29 is 0 Å². The van der Waals surface area contributed by atoms with Crippen LogP contribution in [0.3, 0.4) is 0 Å². The lowest BCUT2D eigenvalue weighted by atomic mass is 9.97. The molecule has 1 aromatic heterocycles. The van der Waals surface area contributed by atoms with Gasteiger partial charge in [-0.25, -0.2) is 4.98 Å². The van der Waals surface area contributed by atoms with Gasteiger partial charge in [-0.1, -0.05) is 11.6 Å². The standard InChI is InChI=1S/C11H17ClN4/c1-13-6-9-2-4-16(5-3-9)11-8-14-7-10(12)15-11/h7-9,13H,2-6H2,1H3. The predicted molar refractivity (Wildman–Crippen MR) is 65.9 cm³/mol. The first-order valence-corrected chi connectivity index (χ1v) is 6.04. The molecule has 0 amide bonds. The van der Waals surface area contributed by atoms with Crippen molar-refractivity contribution in [3.8, 4) is 0 Å². The van der Waals surface area contributed by atoms with Crippen LogP contribution in [-0.2, 0) is 0 Å². The maximum absolute atomic E-state index is 5.83. The Kier molecular flexibility index (Phi) is 3.96. The number of nitrogens with one attached hydrogen (secondary N) is 1. The normalized spacial score (nSPS) is 17.8. The highest BCUT2D eigenvalue weighted by Crippen LogP contribution is 2.21. The Hall–Kier alpha value is -0.870. The molecule has 0 aliphatic carbocycles. The van der Waals surface area contributed by atoms with Crippen molar-refractivity contribution in [3.63, 3.8) is 0 Å². The molecule has 2 rings (SSSR count). The minimum atomic E-state index is 0.467. The van der Waals surface area contributed by atoms with E-state index in [2.05, 4.69) is 20.2 Å². The molecular formula is C11H17ClN4. The van der Waals surface area contributed by atoms with Gasteiger partial charge in [-0.3, -0.25) is 4.98 Å². The maximum atomic E-state index is 5.83. The molecule has 4 nitrogen and oxygen atoms in total. The summed E-state index contributed by atoms with van der Waals surface area (Å²) in [5.41, 5.74) is 0. The molecule has 0 spiro atoms. The van der Waals surface area contributed by atoms with Gasteiger partial charge in [0.05, 0.1) is 12.4 Å². The molecule has 1 N–H and O–H groups in total. The molecule has 0 unspecified atom stereocenters. The Morgan fingerprint density at radius 2 is 2.19 bits per heavy atom. The van der Waals surface area contributed by atoms with Crippen LogP contribution < -0.4 is 10.2 Å². The molecule has 1 aliphatic rings. The highest BCUT2D eigenvalue weighted by molar-refractivity contribution is 6.29. The van der Waals surface area contributed by atoms with E-state index < -0.39 is 0 Å². The molecule has 1 aliphatic heterocycles. The molecule has 5 heteroatoms. The van der Waals surface area contributed by atoms with Crippen LogP contribution in [0.4, 0.5) is 5.82 Å². The molecule has 0 radical (unpaired) electrons. The van der Waals surface area contributed by atoms with Gasteiger partial charge in [0.1, 0.15) is 11.0 Å². The maximum Gasteiger partial charge on any atom is 0.149 e. The molecule has 1 aromatic rings. The van der Waals surface area contributed by atoms with Crippen molar-refractivity contribution in [2.24, 2.45) is 5.92 Å². The molecule has 88 valence electrons. The number of halogens is 1. The first-order chi connectivity index (χ1) is 7.79. The molecule has 1 fully saturated rings. The molecular weight excluding hydrogens is 224 g/mol. The molecule has 16 heavy (non-hydrogen) atoms. The van der Waals surface area contributed by atoms with Gasteiger partial charge in [-0.05, 0) is 32.4 Å². The zero-order chi connectivity index (χ0) is 11.4. The minimum absolute atomic E-state index is 0.467. The van der Waals surface area contributed by atoms with Crippen molar-refractivity contribution in [1.82, 2.24) is 15.3 Å². The van der Waals surface area contributed by atoms with Crippen LogP contribution in [0.5, 0.6) is 0 Å². The Morgan fingerprint density at radius 3 is 2.81 bits per heavy atom. The molecule has 0 aromatic carbocycles. The fourth-order valence-corrected chi connectivity index (χ4v) is 2.28. The third-order valence-corrected chi connectivity index (χ3v) is 3.21. The average molecular weight is 241 g/mol. The SMILES string of the molecule is CNCC1CCN(c2cncc(Cl)n2)CC1. The van der Waals surface area contributed by atoms with Crippen molar-refractivity contribution in [1.29, 1.82) is 0 Å². The first kappa shape index (κ1) is 11.6. The van der Waals surface area contributed by atoms with Gasteiger partial charge in [0.15, 0.2) is 0 Å². The number of aromatic nitrogens is 2. The third-order valence-electron chi connectivity index (χ3n) is 3.02. The lowest BCUT2D eigenvalue weighted by Crippen LogP contribution is -2.37. The minimum Gasteiger partial charge on any atom is -0.355 e. The second kappa shape index (κ2) is 5.46. The van der Waals surface area contributed by atoms with E-state index in [0.29, 0.717) is 5.15 Å². The zero-order valence-electron chi connectivity index (χ0n) is 9.49. The van der Waals surface area contributed by atoms with Crippen molar-refractivity contribution in [2.75, 3.05) is 31.6 Å². The van der Waals surface area contributed by atoms with Gasteiger partial charge in [0.25, 0.3) is 0 Å². The van der Waals surface area contributed by atoms with Crippen molar-refractivity contribution in [3.05, 3.63) is 17.5 Å². The largest absolute Gasteiger partial charge is 0.355 e. The van der Waals surface area contributed by atoms with Crippen LogP contribution in [0.25, 0.3) is 0 Å². The number of piperidine rings is 1. The predicted octanol–water partition coefficient (Wildman–Crippen LogP) is 1.57. The number of hydrogen-bond donors (Lipinski definition) is 1. The van der Waals surface area contributed by atoms with E-state index in [0.717, 1.165) is 31.4 Å². The average Bonchev–Trinajstić information content (AvgIpc) is 2.30. The van der Waals surface area contributed by atoms with Gasteiger partial charge >= 0.3 is 0 Å². The van der Waals surface area contributed by atoms with Crippen LogP contribution in [0, 0.1) is 5.92 Å². The lowest BCUT2D eigenvalue weighted by Gasteiger charge is -2.32. The highest BCUT2D eigenvalue weighted by atomic mass is 35.5. The Bertz CT molecular complexity index is 337. The van der Waals surface area contributed by atoms with Crippen LogP contribution in [0.1, 0.15) is 12.8 Å². The third kappa shape index (κ3) is 2.83. The monoisotopic (exact) mass is 240 g/mol. The number of anilines is 1. The molecule has 2 heterocycles. The summed E-state index contributed by atoms with van der Waals surface area (Å²) >= 11 is 5.83. The number of rotatable bonds is 3. The van der Waals surface area contributed by atoms with Gasteiger partial charge < -0.3 is 10.2 Å². The Balaban J connectivity index is 1.94. The van der Waals surface area contributed by atoms with Gasteiger partial charge in [-0.15, -0.1) is 0 Å². The van der Waals surface area contributed by atoms with Crippen LogP contribution in [0.2, 0.25) is 5.15 Å². The fraction of sp³-hybridized carbons (Fsp3) is 0.636. The Labute approximate surface area is 101 Å². The van der Waals surface area contributed by atoms with E-state index in [4.69, 9.17) is 11.6 Å².